The Labute approximate surface area is 122 Å². The Bertz CT molecular complexity index is 736. The van der Waals surface area contributed by atoms with Crippen molar-refractivity contribution in [2.75, 3.05) is 6.54 Å². The van der Waals surface area contributed by atoms with Crippen LogP contribution in [0.4, 0.5) is 0 Å². The fraction of sp³-hybridized carbons (Fsp3) is 0.125. The summed E-state index contributed by atoms with van der Waals surface area (Å²) in [5.41, 5.74) is 7.07. The highest BCUT2D eigenvalue weighted by molar-refractivity contribution is 5.92. The van der Waals surface area contributed by atoms with Crippen molar-refractivity contribution in [1.82, 2.24) is 10.3 Å². The van der Waals surface area contributed by atoms with Crippen molar-refractivity contribution < 1.29 is 4.79 Å². The van der Waals surface area contributed by atoms with Crippen LogP contribution in [0.5, 0.6) is 0 Å². The molecule has 0 aliphatic rings. The SMILES string of the molecule is NCC#Cc1ccc(CNC(=O)c2cccc(=O)[nH]2)cc1. The zero-order valence-electron chi connectivity index (χ0n) is 11.3. The van der Waals surface area contributed by atoms with Gasteiger partial charge in [0.05, 0.1) is 6.54 Å². The average Bonchev–Trinajstić information content (AvgIpc) is 2.51. The highest BCUT2D eigenvalue weighted by atomic mass is 16.2. The average molecular weight is 281 g/mol. The number of H-pyrrole nitrogens is 1. The van der Waals surface area contributed by atoms with Crippen LogP contribution in [0.15, 0.2) is 47.3 Å². The summed E-state index contributed by atoms with van der Waals surface area (Å²) < 4.78 is 0. The van der Waals surface area contributed by atoms with Crippen molar-refractivity contribution in [1.29, 1.82) is 0 Å². The van der Waals surface area contributed by atoms with E-state index in [9.17, 15) is 9.59 Å². The Morgan fingerprint density at radius 1 is 1.19 bits per heavy atom. The second-order valence-corrected chi connectivity index (χ2v) is 4.31. The lowest BCUT2D eigenvalue weighted by atomic mass is 10.1. The molecule has 5 heteroatoms. The second kappa shape index (κ2) is 7.08. The van der Waals surface area contributed by atoms with Gasteiger partial charge in [0.2, 0.25) is 5.56 Å². The lowest BCUT2D eigenvalue weighted by Crippen LogP contribution is -2.25. The third-order valence-corrected chi connectivity index (χ3v) is 2.75. The van der Waals surface area contributed by atoms with E-state index in [4.69, 9.17) is 5.73 Å². The minimum absolute atomic E-state index is 0.243. The van der Waals surface area contributed by atoms with Gasteiger partial charge in [-0.25, -0.2) is 0 Å². The van der Waals surface area contributed by atoms with Crippen molar-refractivity contribution in [3.63, 3.8) is 0 Å². The van der Waals surface area contributed by atoms with Gasteiger partial charge in [-0.3, -0.25) is 9.59 Å². The molecule has 2 rings (SSSR count). The number of nitrogens with one attached hydrogen (secondary N) is 2. The molecule has 1 amide bonds. The quantitative estimate of drug-likeness (QED) is 0.720. The standard InChI is InChI=1S/C16H15N3O2/c17-10-2-3-12-6-8-13(9-7-12)11-18-16(21)14-4-1-5-15(20)19-14/h1,4-9H,10-11,17H2,(H,18,21)(H,19,20). The minimum atomic E-state index is -0.320. The smallest absolute Gasteiger partial charge is 0.268 e. The van der Waals surface area contributed by atoms with E-state index in [0.717, 1.165) is 11.1 Å². The van der Waals surface area contributed by atoms with Crippen molar-refractivity contribution >= 4 is 5.91 Å². The Hall–Kier alpha value is -2.84. The first-order valence-corrected chi connectivity index (χ1v) is 6.44. The molecule has 0 saturated carbocycles. The number of rotatable bonds is 3. The second-order valence-electron chi connectivity index (χ2n) is 4.31. The largest absolute Gasteiger partial charge is 0.347 e. The van der Waals surface area contributed by atoms with E-state index in [0.29, 0.717) is 13.1 Å². The first-order chi connectivity index (χ1) is 10.2. The molecule has 5 nitrogen and oxygen atoms in total. The fourth-order valence-corrected chi connectivity index (χ4v) is 1.72. The highest BCUT2D eigenvalue weighted by Gasteiger charge is 2.05. The number of carbonyl (C=O) groups is 1. The third kappa shape index (κ3) is 4.34. The van der Waals surface area contributed by atoms with Gasteiger partial charge in [-0.1, -0.05) is 30.0 Å². The summed E-state index contributed by atoms with van der Waals surface area (Å²) in [7, 11) is 0. The molecule has 0 atom stereocenters. The molecule has 0 radical (unpaired) electrons. The number of carbonyl (C=O) groups excluding carboxylic acids is 1. The number of aromatic nitrogens is 1. The van der Waals surface area contributed by atoms with Crippen molar-refractivity contribution in [3.8, 4) is 11.8 Å². The van der Waals surface area contributed by atoms with E-state index in [-0.39, 0.29) is 17.2 Å². The van der Waals surface area contributed by atoms with Gasteiger partial charge < -0.3 is 16.0 Å². The normalized spacial score (nSPS) is 9.57. The van der Waals surface area contributed by atoms with E-state index in [1.165, 1.54) is 6.07 Å². The minimum Gasteiger partial charge on any atom is -0.347 e. The van der Waals surface area contributed by atoms with Crippen molar-refractivity contribution in [3.05, 3.63) is 69.6 Å². The number of aromatic amines is 1. The maximum Gasteiger partial charge on any atom is 0.268 e. The number of amides is 1. The zero-order chi connectivity index (χ0) is 15.1. The summed E-state index contributed by atoms with van der Waals surface area (Å²) >= 11 is 0. The van der Waals surface area contributed by atoms with E-state index in [1.54, 1.807) is 12.1 Å². The van der Waals surface area contributed by atoms with Crippen LogP contribution in [0.25, 0.3) is 0 Å². The van der Waals surface area contributed by atoms with Crippen LogP contribution in [0.1, 0.15) is 21.6 Å². The number of hydrogen-bond acceptors (Lipinski definition) is 3. The van der Waals surface area contributed by atoms with Gasteiger partial charge in [-0.15, -0.1) is 0 Å². The maximum absolute atomic E-state index is 11.9. The molecular formula is C16H15N3O2. The Morgan fingerprint density at radius 2 is 1.95 bits per heavy atom. The Balaban J connectivity index is 1.96. The van der Waals surface area contributed by atoms with E-state index in [1.807, 2.05) is 24.3 Å². The van der Waals surface area contributed by atoms with Gasteiger partial charge in [0.25, 0.3) is 5.91 Å². The monoisotopic (exact) mass is 281 g/mol. The first-order valence-electron chi connectivity index (χ1n) is 6.44. The fourth-order valence-electron chi connectivity index (χ4n) is 1.72. The number of pyridine rings is 1. The molecule has 0 bridgehead atoms. The van der Waals surface area contributed by atoms with Crippen LogP contribution < -0.4 is 16.6 Å². The van der Waals surface area contributed by atoms with Gasteiger partial charge in [0.1, 0.15) is 5.69 Å². The predicted molar refractivity (Wildman–Crippen MR) is 80.6 cm³/mol. The number of benzene rings is 1. The van der Waals surface area contributed by atoms with Gasteiger partial charge in [0, 0.05) is 18.2 Å². The summed E-state index contributed by atoms with van der Waals surface area (Å²) in [6.45, 7) is 0.702. The molecule has 1 aromatic heterocycles. The van der Waals surface area contributed by atoms with Gasteiger partial charge in [-0.05, 0) is 23.8 Å². The molecule has 0 spiro atoms. The molecule has 21 heavy (non-hydrogen) atoms. The molecular weight excluding hydrogens is 266 g/mol. The van der Waals surface area contributed by atoms with Gasteiger partial charge in [0.15, 0.2) is 0 Å². The van der Waals surface area contributed by atoms with Crippen LogP contribution >= 0.6 is 0 Å². The highest BCUT2D eigenvalue weighted by Crippen LogP contribution is 2.03. The molecule has 1 heterocycles. The Kier molecular flexibility index (Phi) is 4.91. The Morgan fingerprint density at radius 3 is 2.62 bits per heavy atom. The zero-order valence-corrected chi connectivity index (χ0v) is 11.3. The summed E-state index contributed by atoms with van der Waals surface area (Å²) in [5, 5.41) is 2.74. The molecule has 0 aliphatic heterocycles. The predicted octanol–water partition coefficient (Wildman–Crippen LogP) is 0.615. The van der Waals surface area contributed by atoms with Crippen LogP contribution in [0.2, 0.25) is 0 Å². The first kappa shape index (κ1) is 14.6. The van der Waals surface area contributed by atoms with E-state index in [2.05, 4.69) is 22.1 Å². The van der Waals surface area contributed by atoms with Crippen molar-refractivity contribution in [2.24, 2.45) is 5.73 Å². The summed E-state index contributed by atoms with van der Waals surface area (Å²) in [6, 6.07) is 12.0. The molecule has 1 aromatic carbocycles. The lowest BCUT2D eigenvalue weighted by Gasteiger charge is -2.05. The van der Waals surface area contributed by atoms with Crippen LogP contribution in [-0.2, 0) is 6.54 Å². The molecule has 4 N–H and O–H groups in total. The summed E-state index contributed by atoms with van der Waals surface area (Å²) in [6.07, 6.45) is 0. The van der Waals surface area contributed by atoms with Crippen LogP contribution in [0.3, 0.4) is 0 Å². The number of hydrogen-bond donors (Lipinski definition) is 3. The molecule has 2 aromatic rings. The van der Waals surface area contributed by atoms with E-state index < -0.39 is 0 Å². The van der Waals surface area contributed by atoms with Gasteiger partial charge in [-0.2, -0.15) is 0 Å². The topological polar surface area (TPSA) is 88.0 Å². The van der Waals surface area contributed by atoms with E-state index >= 15 is 0 Å². The summed E-state index contributed by atoms with van der Waals surface area (Å²) in [5.74, 6) is 5.38. The summed E-state index contributed by atoms with van der Waals surface area (Å²) in [4.78, 5) is 25.5. The lowest BCUT2D eigenvalue weighted by molar-refractivity contribution is 0.0945. The molecule has 0 saturated heterocycles. The molecule has 106 valence electrons. The van der Waals surface area contributed by atoms with Crippen LogP contribution in [-0.4, -0.2) is 17.4 Å². The van der Waals surface area contributed by atoms with Gasteiger partial charge >= 0.3 is 0 Å². The molecule has 0 unspecified atom stereocenters. The maximum atomic E-state index is 11.9. The molecule has 0 aliphatic carbocycles. The van der Waals surface area contributed by atoms with Crippen molar-refractivity contribution in [2.45, 2.75) is 6.54 Å². The third-order valence-electron chi connectivity index (χ3n) is 2.75. The number of nitrogens with two attached hydrogens (primary N) is 1. The molecule has 0 fully saturated rings. The van der Waals surface area contributed by atoms with Crippen LogP contribution in [0, 0.1) is 11.8 Å².